The predicted molar refractivity (Wildman–Crippen MR) is 176 cm³/mol. The van der Waals surface area contributed by atoms with Crippen molar-refractivity contribution in [3.63, 3.8) is 0 Å². The van der Waals surface area contributed by atoms with Crippen LogP contribution >= 0.6 is 0 Å². The zero-order valence-corrected chi connectivity index (χ0v) is 26.7. The molecule has 2 saturated carbocycles. The molecule has 0 unspecified atom stereocenters. The molecule has 4 heteroatoms. The molecule has 228 valence electrons. The summed E-state index contributed by atoms with van der Waals surface area (Å²) in [6.07, 6.45) is 17.6. The number of fused-ring (bicyclic) bond motifs is 4. The van der Waals surface area contributed by atoms with Gasteiger partial charge >= 0.3 is 0 Å². The summed E-state index contributed by atoms with van der Waals surface area (Å²) in [5.41, 5.74) is 10.8. The Morgan fingerprint density at radius 3 is 1.58 bits per heavy atom. The second kappa shape index (κ2) is 8.81. The van der Waals surface area contributed by atoms with Crippen molar-refractivity contribution in [1.29, 1.82) is 0 Å². The summed E-state index contributed by atoms with van der Waals surface area (Å²) in [5.74, 6) is 1.36. The monoisotopic (exact) mass is 576 g/mol. The maximum atomic E-state index is 4.25. The molecule has 6 aliphatic heterocycles. The Labute approximate surface area is 259 Å². The zero-order valence-electron chi connectivity index (χ0n) is 26.7. The molecule has 6 heterocycles. The minimum absolute atomic E-state index is 0.270. The van der Waals surface area contributed by atoms with Crippen molar-refractivity contribution in [3.8, 4) is 0 Å². The van der Waals surface area contributed by atoms with Gasteiger partial charge in [-0.25, -0.2) is 0 Å². The van der Waals surface area contributed by atoms with Crippen LogP contribution in [0.25, 0.3) is 0 Å². The van der Waals surface area contributed by atoms with Crippen molar-refractivity contribution >= 4 is 11.4 Å². The molecule has 6 fully saturated rings. The van der Waals surface area contributed by atoms with E-state index in [0.29, 0.717) is 22.7 Å². The molecule has 2 aliphatic carbocycles. The molecule has 2 spiro atoms. The second-order valence-electron chi connectivity index (χ2n) is 16.5. The van der Waals surface area contributed by atoms with Gasteiger partial charge in [-0.15, -0.1) is 0 Å². The summed E-state index contributed by atoms with van der Waals surface area (Å²) in [4.78, 5) is 5.82. The van der Waals surface area contributed by atoms with Gasteiger partial charge in [0, 0.05) is 35.3 Å². The van der Waals surface area contributed by atoms with Crippen LogP contribution in [0, 0.1) is 10.8 Å². The van der Waals surface area contributed by atoms with Crippen molar-refractivity contribution in [2.75, 3.05) is 36.8 Å². The lowest BCUT2D eigenvalue weighted by Gasteiger charge is -2.56. The molecule has 4 nitrogen and oxygen atoms in total. The normalized spacial score (nSPS) is 43.6. The number of anilines is 2. The molecule has 0 amide bonds. The van der Waals surface area contributed by atoms with Crippen molar-refractivity contribution in [2.24, 2.45) is 10.8 Å². The third-order valence-corrected chi connectivity index (χ3v) is 15.4. The second-order valence-corrected chi connectivity index (χ2v) is 16.5. The molecular formula is C39H52N4. The molecule has 2 aromatic rings. The van der Waals surface area contributed by atoms with E-state index in [-0.39, 0.29) is 11.1 Å². The summed E-state index contributed by atoms with van der Waals surface area (Å²) in [6.45, 7) is 10.2. The first-order valence-corrected chi connectivity index (χ1v) is 18.3. The minimum Gasteiger partial charge on any atom is -0.377 e. The van der Waals surface area contributed by atoms with Gasteiger partial charge in [0.1, 0.15) is 0 Å². The van der Waals surface area contributed by atoms with Crippen LogP contribution in [0.1, 0.15) is 125 Å². The summed E-state index contributed by atoms with van der Waals surface area (Å²) in [7, 11) is 0. The summed E-state index contributed by atoms with van der Waals surface area (Å²) < 4.78 is 0. The molecule has 43 heavy (non-hydrogen) atoms. The Kier molecular flexibility index (Phi) is 5.37. The van der Waals surface area contributed by atoms with Crippen LogP contribution in [0.15, 0.2) is 36.4 Å². The van der Waals surface area contributed by atoms with Crippen LogP contribution in [0.5, 0.6) is 0 Å². The molecule has 10 rings (SSSR count). The van der Waals surface area contributed by atoms with E-state index in [1.165, 1.54) is 126 Å². The van der Waals surface area contributed by atoms with Crippen molar-refractivity contribution in [1.82, 2.24) is 9.80 Å². The largest absolute Gasteiger partial charge is 0.377 e. The van der Waals surface area contributed by atoms with Gasteiger partial charge < -0.3 is 10.6 Å². The van der Waals surface area contributed by atoms with Crippen molar-refractivity contribution < 1.29 is 0 Å². The van der Waals surface area contributed by atoms with Crippen molar-refractivity contribution in [3.05, 3.63) is 58.7 Å². The van der Waals surface area contributed by atoms with E-state index >= 15 is 0 Å². The molecule has 0 aromatic heterocycles. The number of piperidine rings is 4. The average Bonchev–Trinajstić information content (AvgIpc) is 3.76. The van der Waals surface area contributed by atoms with Gasteiger partial charge in [-0.1, -0.05) is 38.1 Å². The lowest BCUT2D eigenvalue weighted by molar-refractivity contribution is -0.0196. The van der Waals surface area contributed by atoms with Crippen LogP contribution in [0.2, 0.25) is 0 Å². The van der Waals surface area contributed by atoms with E-state index in [9.17, 15) is 0 Å². The smallest absolute Gasteiger partial charge is 0.0603 e. The van der Waals surface area contributed by atoms with Crippen LogP contribution in [-0.2, 0) is 6.42 Å². The molecular weight excluding hydrogens is 524 g/mol. The number of hydrogen-bond donors (Lipinski definition) is 2. The standard InChI is InChI=1S/C39H52N4/c1-3-36-13-5-19-42-21-11-30-28-24-26(7-9-32(28)40-38(30,17-15-36)34(36)42)23-27-8-10-33-29(25-27)31-12-22-43-20-6-14-37(4-2)16-18-39(31,41-33)35(37)43/h7-10,24-25,30-31,34-35,40-41H,3-6,11-23H2,1-2H3/t30-,31-,34-,35+,36-,37-,38+,39-/m1/s1. The van der Waals surface area contributed by atoms with Gasteiger partial charge in [-0.3, -0.25) is 9.80 Å². The highest BCUT2D eigenvalue weighted by Crippen LogP contribution is 2.66. The maximum absolute atomic E-state index is 4.25. The highest BCUT2D eigenvalue weighted by atomic mass is 15.3. The van der Waals surface area contributed by atoms with Gasteiger partial charge in [0.15, 0.2) is 0 Å². The third-order valence-electron chi connectivity index (χ3n) is 15.4. The zero-order chi connectivity index (χ0) is 28.6. The van der Waals surface area contributed by atoms with E-state index in [1.807, 2.05) is 0 Å². The van der Waals surface area contributed by atoms with Gasteiger partial charge in [0.2, 0.25) is 0 Å². The van der Waals surface area contributed by atoms with E-state index in [4.69, 9.17) is 0 Å². The molecule has 8 aliphatic rings. The topological polar surface area (TPSA) is 30.5 Å². The van der Waals surface area contributed by atoms with Gasteiger partial charge in [-0.2, -0.15) is 0 Å². The maximum Gasteiger partial charge on any atom is 0.0603 e. The molecule has 4 saturated heterocycles. The van der Waals surface area contributed by atoms with E-state index in [2.05, 4.69) is 70.7 Å². The molecule has 0 radical (unpaired) electrons. The average molecular weight is 577 g/mol. The summed E-state index contributed by atoms with van der Waals surface area (Å²) >= 11 is 0. The first-order chi connectivity index (χ1) is 21.0. The summed E-state index contributed by atoms with van der Waals surface area (Å²) in [6, 6.07) is 16.5. The molecule has 0 bridgehead atoms. The number of nitrogens with one attached hydrogen (secondary N) is 2. The van der Waals surface area contributed by atoms with Gasteiger partial charge in [0.05, 0.1) is 11.1 Å². The Bertz CT molecular complexity index is 1370. The van der Waals surface area contributed by atoms with Gasteiger partial charge in [0.25, 0.3) is 0 Å². The Morgan fingerprint density at radius 1 is 0.628 bits per heavy atom. The number of benzene rings is 2. The molecule has 2 aromatic carbocycles. The quantitative estimate of drug-likeness (QED) is 0.388. The Morgan fingerprint density at radius 2 is 1.12 bits per heavy atom. The number of hydrogen-bond acceptors (Lipinski definition) is 4. The fourth-order valence-electron chi connectivity index (χ4n) is 13.7. The number of rotatable bonds is 4. The first kappa shape index (κ1) is 26.2. The van der Waals surface area contributed by atoms with E-state index in [0.717, 1.165) is 18.5 Å². The van der Waals surface area contributed by atoms with Gasteiger partial charge in [-0.05, 0) is 155 Å². The third kappa shape index (κ3) is 3.21. The summed E-state index contributed by atoms with van der Waals surface area (Å²) in [5, 5.41) is 8.49. The van der Waals surface area contributed by atoms with Crippen LogP contribution in [0.4, 0.5) is 11.4 Å². The fourth-order valence-corrected chi connectivity index (χ4v) is 13.7. The van der Waals surface area contributed by atoms with Crippen LogP contribution < -0.4 is 10.6 Å². The lowest BCUT2D eigenvalue weighted by Crippen LogP contribution is -2.65. The number of nitrogens with zero attached hydrogens (tertiary/aromatic N) is 2. The van der Waals surface area contributed by atoms with E-state index in [1.54, 1.807) is 11.1 Å². The highest BCUT2D eigenvalue weighted by molar-refractivity contribution is 5.67. The SMILES string of the molecule is CC[C@@]12CCCN3CC[C@@H]4c5cc(Cc6ccc7c(c6)[C@H]6CCN8CCC[C@]9(CC)CC[C@]6(N7)[C@@H]89)ccc5N[C@]4(CC1)[C@H]32. The molecule has 2 N–H and O–H groups in total. The highest BCUT2D eigenvalue weighted by Gasteiger charge is 2.67. The van der Waals surface area contributed by atoms with Crippen molar-refractivity contribution in [2.45, 2.75) is 132 Å². The Hall–Kier alpha value is -2.04. The minimum atomic E-state index is 0.270. The first-order valence-electron chi connectivity index (χ1n) is 18.3. The Balaban J connectivity index is 0.947. The van der Waals surface area contributed by atoms with Crippen LogP contribution in [-0.4, -0.2) is 59.1 Å². The van der Waals surface area contributed by atoms with Crippen LogP contribution in [0.3, 0.4) is 0 Å². The molecule has 8 atom stereocenters. The lowest BCUT2D eigenvalue weighted by atomic mass is 9.64. The predicted octanol–water partition coefficient (Wildman–Crippen LogP) is 7.89. The van der Waals surface area contributed by atoms with E-state index < -0.39 is 0 Å². The fraction of sp³-hybridized carbons (Fsp3) is 0.692.